The number of nitrogens with two attached hydrogens (primary N) is 1. The fraction of sp³-hybridized carbons (Fsp3) is 0.143. The molecule has 0 bridgehead atoms. The average molecular weight is 291 g/mol. The summed E-state index contributed by atoms with van der Waals surface area (Å²) >= 11 is 0. The third kappa shape index (κ3) is 2.26. The molecule has 2 amide bonds. The standard InChI is InChI=1S/C14H11F2N3O2/c15-9-3-7-5-19(6-8(7)4-10(9)16)14(21)12-2-1-11(18-12)13(17)20/h1-4,18H,5-6H2,(H2,17,20). The third-order valence-electron chi connectivity index (χ3n) is 3.43. The first kappa shape index (κ1) is 13.3. The van der Waals surface area contributed by atoms with Crippen LogP contribution in [0.3, 0.4) is 0 Å². The summed E-state index contributed by atoms with van der Waals surface area (Å²) in [6, 6.07) is 5.06. The normalized spacial score (nSPS) is 13.3. The molecule has 0 saturated carbocycles. The maximum atomic E-state index is 13.2. The molecule has 0 fully saturated rings. The quantitative estimate of drug-likeness (QED) is 0.880. The van der Waals surface area contributed by atoms with Crippen molar-refractivity contribution in [2.45, 2.75) is 13.1 Å². The molecule has 108 valence electrons. The number of H-pyrrole nitrogens is 1. The Bertz CT molecular complexity index is 724. The summed E-state index contributed by atoms with van der Waals surface area (Å²) in [5.41, 5.74) is 6.59. The van der Waals surface area contributed by atoms with E-state index in [-0.39, 0.29) is 30.4 Å². The molecular formula is C14H11F2N3O2. The maximum absolute atomic E-state index is 13.2. The van der Waals surface area contributed by atoms with Gasteiger partial charge in [0.1, 0.15) is 11.4 Å². The first-order chi connectivity index (χ1) is 9.95. The highest BCUT2D eigenvalue weighted by Gasteiger charge is 2.26. The minimum Gasteiger partial charge on any atom is -0.364 e. The van der Waals surface area contributed by atoms with Crippen LogP contribution in [-0.2, 0) is 13.1 Å². The molecule has 0 spiro atoms. The van der Waals surface area contributed by atoms with E-state index in [1.807, 2.05) is 0 Å². The van der Waals surface area contributed by atoms with E-state index in [4.69, 9.17) is 5.73 Å². The molecule has 2 heterocycles. The molecule has 0 saturated heterocycles. The van der Waals surface area contributed by atoms with Crippen LogP contribution in [0.2, 0.25) is 0 Å². The van der Waals surface area contributed by atoms with E-state index < -0.39 is 17.5 Å². The second-order valence-electron chi connectivity index (χ2n) is 4.85. The van der Waals surface area contributed by atoms with E-state index >= 15 is 0 Å². The lowest BCUT2D eigenvalue weighted by atomic mass is 10.1. The summed E-state index contributed by atoms with van der Waals surface area (Å²) in [4.78, 5) is 27.3. The zero-order valence-electron chi connectivity index (χ0n) is 10.8. The third-order valence-corrected chi connectivity index (χ3v) is 3.43. The molecule has 7 heteroatoms. The molecule has 21 heavy (non-hydrogen) atoms. The highest BCUT2D eigenvalue weighted by atomic mass is 19.2. The minimum absolute atomic E-state index is 0.132. The lowest BCUT2D eigenvalue weighted by Crippen LogP contribution is -2.25. The van der Waals surface area contributed by atoms with Crippen molar-refractivity contribution in [3.63, 3.8) is 0 Å². The molecule has 5 nitrogen and oxygen atoms in total. The number of amides is 2. The van der Waals surface area contributed by atoms with Crippen molar-refractivity contribution in [3.05, 3.63) is 58.4 Å². The first-order valence-electron chi connectivity index (χ1n) is 6.20. The fourth-order valence-electron chi connectivity index (χ4n) is 2.37. The van der Waals surface area contributed by atoms with Crippen LogP contribution in [-0.4, -0.2) is 21.7 Å². The van der Waals surface area contributed by atoms with Crippen LogP contribution in [0.1, 0.15) is 32.1 Å². The molecule has 0 radical (unpaired) electrons. The van der Waals surface area contributed by atoms with E-state index in [2.05, 4.69) is 4.98 Å². The molecule has 1 aromatic heterocycles. The van der Waals surface area contributed by atoms with Gasteiger partial charge in [0.25, 0.3) is 11.8 Å². The molecule has 1 aliphatic rings. The van der Waals surface area contributed by atoms with Gasteiger partial charge >= 0.3 is 0 Å². The monoisotopic (exact) mass is 291 g/mol. The van der Waals surface area contributed by atoms with Gasteiger partial charge in [-0.25, -0.2) is 8.78 Å². The predicted molar refractivity (Wildman–Crippen MR) is 69.2 cm³/mol. The van der Waals surface area contributed by atoms with E-state index in [0.717, 1.165) is 12.1 Å². The van der Waals surface area contributed by atoms with E-state index in [1.54, 1.807) is 0 Å². The van der Waals surface area contributed by atoms with Crippen LogP contribution in [0.25, 0.3) is 0 Å². The second-order valence-corrected chi connectivity index (χ2v) is 4.85. The van der Waals surface area contributed by atoms with Crippen molar-refractivity contribution in [3.8, 4) is 0 Å². The average Bonchev–Trinajstić information content (AvgIpc) is 3.05. The van der Waals surface area contributed by atoms with Crippen molar-refractivity contribution < 1.29 is 18.4 Å². The SMILES string of the molecule is NC(=O)c1ccc(C(=O)N2Cc3cc(F)c(F)cc3C2)[nH]1. The zero-order chi connectivity index (χ0) is 15.1. The Labute approximate surface area is 118 Å². The maximum Gasteiger partial charge on any atom is 0.270 e. The molecule has 3 rings (SSSR count). The van der Waals surface area contributed by atoms with Gasteiger partial charge < -0.3 is 15.6 Å². The Balaban J connectivity index is 1.83. The van der Waals surface area contributed by atoms with E-state index in [0.29, 0.717) is 11.1 Å². The van der Waals surface area contributed by atoms with Crippen molar-refractivity contribution in [1.82, 2.24) is 9.88 Å². The van der Waals surface area contributed by atoms with Gasteiger partial charge in [-0.1, -0.05) is 0 Å². The Morgan fingerprint density at radius 3 is 2.05 bits per heavy atom. The largest absolute Gasteiger partial charge is 0.364 e. The minimum atomic E-state index is -0.932. The Hall–Kier alpha value is -2.70. The number of rotatable bonds is 2. The van der Waals surface area contributed by atoms with Crippen LogP contribution in [0, 0.1) is 11.6 Å². The van der Waals surface area contributed by atoms with Gasteiger partial charge in [0.15, 0.2) is 11.6 Å². The molecular weight excluding hydrogens is 280 g/mol. The Morgan fingerprint density at radius 2 is 1.57 bits per heavy atom. The van der Waals surface area contributed by atoms with Crippen LogP contribution in [0.4, 0.5) is 8.78 Å². The zero-order valence-corrected chi connectivity index (χ0v) is 10.8. The van der Waals surface area contributed by atoms with Crippen LogP contribution >= 0.6 is 0 Å². The predicted octanol–water partition coefficient (Wildman–Crippen LogP) is 1.55. The highest BCUT2D eigenvalue weighted by Crippen LogP contribution is 2.26. The summed E-state index contributed by atoms with van der Waals surface area (Å²) in [5.74, 6) is -2.89. The lowest BCUT2D eigenvalue weighted by Gasteiger charge is -2.14. The topological polar surface area (TPSA) is 79.2 Å². The van der Waals surface area contributed by atoms with Gasteiger partial charge in [-0.2, -0.15) is 0 Å². The van der Waals surface area contributed by atoms with Gasteiger partial charge in [0.2, 0.25) is 0 Å². The Kier molecular flexibility index (Phi) is 2.97. The van der Waals surface area contributed by atoms with Crippen molar-refractivity contribution in [1.29, 1.82) is 0 Å². The summed E-state index contributed by atoms with van der Waals surface area (Å²) in [7, 11) is 0. The lowest BCUT2D eigenvalue weighted by molar-refractivity contribution is 0.0746. The molecule has 2 aromatic rings. The van der Waals surface area contributed by atoms with Crippen LogP contribution in [0.15, 0.2) is 24.3 Å². The van der Waals surface area contributed by atoms with Gasteiger partial charge in [-0.3, -0.25) is 9.59 Å². The fourth-order valence-corrected chi connectivity index (χ4v) is 2.37. The molecule has 1 aromatic carbocycles. The van der Waals surface area contributed by atoms with Gasteiger partial charge in [0, 0.05) is 13.1 Å². The number of primary amides is 1. The van der Waals surface area contributed by atoms with Crippen molar-refractivity contribution in [2.75, 3.05) is 0 Å². The second kappa shape index (κ2) is 4.69. The smallest absolute Gasteiger partial charge is 0.270 e. The highest BCUT2D eigenvalue weighted by molar-refractivity contribution is 5.96. The summed E-state index contributed by atoms with van der Waals surface area (Å²) in [5, 5.41) is 0. The number of carbonyl (C=O) groups is 2. The van der Waals surface area contributed by atoms with Crippen LogP contribution < -0.4 is 5.73 Å². The number of halogens is 2. The number of fused-ring (bicyclic) bond motifs is 1. The van der Waals surface area contributed by atoms with Gasteiger partial charge in [0.05, 0.1) is 0 Å². The van der Waals surface area contributed by atoms with Crippen molar-refractivity contribution in [2.24, 2.45) is 5.73 Å². The van der Waals surface area contributed by atoms with E-state index in [1.165, 1.54) is 17.0 Å². The number of nitrogens with zero attached hydrogens (tertiary/aromatic N) is 1. The summed E-state index contributed by atoms with van der Waals surface area (Å²) < 4.78 is 26.4. The van der Waals surface area contributed by atoms with Gasteiger partial charge in [-0.15, -0.1) is 0 Å². The number of hydrogen-bond acceptors (Lipinski definition) is 2. The molecule has 0 aliphatic carbocycles. The summed E-state index contributed by atoms with van der Waals surface area (Å²) in [6.07, 6.45) is 0. The number of carbonyl (C=O) groups excluding carboxylic acids is 2. The molecule has 0 atom stereocenters. The number of nitrogens with one attached hydrogen (secondary N) is 1. The molecule has 3 N–H and O–H groups in total. The number of aromatic nitrogens is 1. The first-order valence-corrected chi connectivity index (χ1v) is 6.20. The molecule has 1 aliphatic heterocycles. The summed E-state index contributed by atoms with van der Waals surface area (Å²) in [6.45, 7) is 0.382. The molecule has 0 unspecified atom stereocenters. The van der Waals surface area contributed by atoms with E-state index in [9.17, 15) is 18.4 Å². The number of hydrogen-bond donors (Lipinski definition) is 2. The van der Waals surface area contributed by atoms with Gasteiger partial charge in [-0.05, 0) is 35.4 Å². The number of benzene rings is 1. The van der Waals surface area contributed by atoms with Crippen molar-refractivity contribution >= 4 is 11.8 Å². The number of aromatic amines is 1. The Morgan fingerprint density at radius 1 is 1.05 bits per heavy atom. The van der Waals surface area contributed by atoms with Crippen LogP contribution in [0.5, 0.6) is 0 Å².